The Morgan fingerprint density at radius 2 is 1.85 bits per heavy atom. The summed E-state index contributed by atoms with van der Waals surface area (Å²) in [5.74, 6) is 0.502. The molecule has 0 amide bonds. The van der Waals surface area contributed by atoms with Crippen LogP contribution in [0.15, 0.2) is 0 Å². The molecule has 0 fully saturated rings. The van der Waals surface area contributed by atoms with Gasteiger partial charge in [0.1, 0.15) is 0 Å². The van der Waals surface area contributed by atoms with Crippen LogP contribution in [-0.4, -0.2) is 29.8 Å². The first kappa shape index (κ1) is 13.7. The van der Waals surface area contributed by atoms with E-state index in [0.717, 1.165) is 4.43 Å². The van der Waals surface area contributed by atoms with Crippen LogP contribution < -0.4 is 0 Å². The Labute approximate surface area is 95.5 Å². The van der Waals surface area contributed by atoms with Crippen molar-refractivity contribution in [3.63, 3.8) is 0 Å². The molecule has 0 aliphatic heterocycles. The Balaban J connectivity index is 4.08. The van der Waals surface area contributed by atoms with E-state index < -0.39 is 0 Å². The molecule has 0 spiro atoms. The predicted octanol–water partition coefficient (Wildman–Crippen LogP) is 2.89. The lowest BCUT2D eigenvalue weighted by Gasteiger charge is -2.31. The fraction of sp³-hybridized carbons (Fsp3) is 1.00. The minimum Gasteiger partial charge on any atom is -0.382 e. The van der Waals surface area contributed by atoms with Gasteiger partial charge >= 0.3 is 0 Å². The van der Waals surface area contributed by atoms with Gasteiger partial charge < -0.3 is 9.47 Å². The summed E-state index contributed by atoms with van der Waals surface area (Å²) in [5, 5.41) is 0. The first-order valence-electron chi connectivity index (χ1n) is 4.65. The average molecular weight is 300 g/mol. The maximum Gasteiger partial charge on any atom is 0.0838 e. The molecule has 0 aliphatic carbocycles. The maximum atomic E-state index is 5.96. The van der Waals surface area contributed by atoms with Crippen molar-refractivity contribution < 1.29 is 9.47 Å². The number of rotatable bonds is 6. The monoisotopic (exact) mass is 300 g/mol. The molecule has 0 aromatic heterocycles. The topological polar surface area (TPSA) is 18.5 Å². The Hall–Kier alpha value is 0.650. The van der Waals surface area contributed by atoms with Gasteiger partial charge in [-0.25, -0.2) is 0 Å². The fourth-order valence-corrected chi connectivity index (χ4v) is 1.15. The van der Waals surface area contributed by atoms with Gasteiger partial charge in [-0.2, -0.15) is 0 Å². The van der Waals surface area contributed by atoms with E-state index in [9.17, 15) is 0 Å². The van der Waals surface area contributed by atoms with E-state index in [1.807, 2.05) is 0 Å². The third-order valence-corrected chi connectivity index (χ3v) is 3.70. The van der Waals surface area contributed by atoms with Crippen molar-refractivity contribution in [3.8, 4) is 0 Å². The van der Waals surface area contributed by atoms with Gasteiger partial charge in [0.05, 0.1) is 18.3 Å². The molecule has 0 aromatic rings. The van der Waals surface area contributed by atoms with Crippen LogP contribution in [0.25, 0.3) is 0 Å². The van der Waals surface area contributed by atoms with Gasteiger partial charge in [-0.3, -0.25) is 0 Å². The summed E-state index contributed by atoms with van der Waals surface area (Å²) in [6.07, 6.45) is 0.203. The first-order valence-corrected chi connectivity index (χ1v) is 6.18. The highest BCUT2D eigenvalue weighted by Gasteiger charge is 2.24. The number of hydrogen-bond donors (Lipinski definition) is 0. The minimum atomic E-state index is -0.0476. The molecule has 80 valence electrons. The van der Waals surface area contributed by atoms with Gasteiger partial charge in [-0.15, -0.1) is 0 Å². The Kier molecular flexibility index (Phi) is 6.50. The number of alkyl halides is 1. The van der Waals surface area contributed by atoms with Gasteiger partial charge in [0.25, 0.3) is 0 Å². The van der Waals surface area contributed by atoms with Crippen LogP contribution in [0.5, 0.6) is 0 Å². The first-order chi connectivity index (χ1) is 5.93. The van der Waals surface area contributed by atoms with Crippen LogP contribution in [0, 0.1) is 5.92 Å². The standard InChI is InChI=1S/C10H21IO2/c1-8(2)9(6-12-5)13-10(3,4)7-11/h8-9H,6-7H2,1-5H3. The summed E-state index contributed by atoms with van der Waals surface area (Å²) in [4.78, 5) is 0. The summed E-state index contributed by atoms with van der Waals surface area (Å²) in [6, 6.07) is 0. The molecule has 0 rings (SSSR count). The van der Waals surface area contributed by atoms with Crippen molar-refractivity contribution in [3.05, 3.63) is 0 Å². The van der Waals surface area contributed by atoms with Gasteiger partial charge in [0.2, 0.25) is 0 Å². The molecule has 0 aliphatic rings. The lowest BCUT2D eigenvalue weighted by atomic mass is 10.1. The SMILES string of the molecule is COCC(OC(C)(C)CI)C(C)C. The molecule has 0 N–H and O–H groups in total. The van der Waals surface area contributed by atoms with Crippen molar-refractivity contribution in [1.29, 1.82) is 0 Å². The second-order valence-electron chi connectivity index (χ2n) is 4.25. The quantitative estimate of drug-likeness (QED) is 0.555. The second-order valence-corrected chi connectivity index (χ2v) is 5.01. The molecule has 0 heterocycles. The molecular formula is C10H21IO2. The van der Waals surface area contributed by atoms with Crippen molar-refractivity contribution >= 4 is 22.6 Å². The molecule has 0 aromatic carbocycles. The number of halogens is 1. The van der Waals surface area contributed by atoms with E-state index in [-0.39, 0.29) is 11.7 Å². The number of hydrogen-bond acceptors (Lipinski definition) is 2. The summed E-state index contributed by atoms with van der Waals surface area (Å²) >= 11 is 2.35. The van der Waals surface area contributed by atoms with Crippen LogP contribution in [0.4, 0.5) is 0 Å². The molecule has 13 heavy (non-hydrogen) atoms. The van der Waals surface area contributed by atoms with Gasteiger partial charge in [0.15, 0.2) is 0 Å². The normalized spacial score (nSPS) is 15.0. The van der Waals surface area contributed by atoms with E-state index in [1.165, 1.54) is 0 Å². The highest BCUT2D eigenvalue weighted by Crippen LogP contribution is 2.19. The summed E-state index contributed by atoms with van der Waals surface area (Å²) in [6.45, 7) is 9.23. The summed E-state index contributed by atoms with van der Waals surface area (Å²) in [7, 11) is 1.72. The molecule has 0 saturated heterocycles. The Morgan fingerprint density at radius 1 is 1.31 bits per heavy atom. The van der Waals surface area contributed by atoms with Gasteiger partial charge in [-0.1, -0.05) is 36.4 Å². The molecule has 0 bridgehead atoms. The molecule has 1 unspecified atom stereocenters. The third-order valence-electron chi connectivity index (χ3n) is 1.87. The fourth-order valence-electron chi connectivity index (χ4n) is 0.968. The smallest absolute Gasteiger partial charge is 0.0838 e. The largest absolute Gasteiger partial charge is 0.382 e. The van der Waals surface area contributed by atoms with E-state index in [4.69, 9.17) is 9.47 Å². The average Bonchev–Trinajstić information content (AvgIpc) is 2.03. The number of methoxy groups -OCH3 is 1. The zero-order valence-corrected chi connectivity index (χ0v) is 11.4. The highest BCUT2D eigenvalue weighted by molar-refractivity contribution is 14.1. The van der Waals surface area contributed by atoms with Crippen molar-refractivity contribution in [2.45, 2.75) is 39.4 Å². The van der Waals surface area contributed by atoms with E-state index >= 15 is 0 Å². The third kappa shape index (κ3) is 5.86. The molecule has 1 atom stereocenters. The summed E-state index contributed by atoms with van der Waals surface area (Å²) < 4.78 is 12.1. The molecule has 3 heteroatoms. The highest BCUT2D eigenvalue weighted by atomic mass is 127. The lowest BCUT2D eigenvalue weighted by Crippen LogP contribution is -2.37. The Morgan fingerprint density at radius 3 is 2.15 bits per heavy atom. The van der Waals surface area contributed by atoms with E-state index in [2.05, 4.69) is 50.3 Å². The second kappa shape index (κ2) is 6.19. The summed E-state index contributed by atoms with van der Waals surface area (Å²) in [5.41, 5.74) is -0.0476. The van der Waals surface area contributed by atoms with Crippen molar-refractivity contribution in [2.75, 3.05) is 18.1 Å². The van der Waals surface area contributed by atoms with Gasteiger partial charge in [-0.05, 0) is 19.8 Å². The molecule has 2 nitrogen and oxygen atoms in total. The maximum absolute atomic E-state index is 5.96. The minimum absolute atomic E-state index is 0.0476. The lowest BCUT2D eigenvalue weighted by molar-refractivity contribution is -0.101. The molecule has 0 saturated carbocycles. The molecular weight excluding hydrogens is 279 g/mol. The zero-order valence-electron chi connectivity index (χ0n) is 9.26. The van der Waals surface area contributed by atoms with E-state index in [0.29, 0.717) is 12.5 Å². The molecule has 0 radical (unpaired) electrons. The van der Waals surface area contributed by atoms with Crippen LogP contribution in [0.2, 0.25) is 0 Å². The van der Waals surface area contributed by atoms with Gasteiger partial charge in [0, 0.05) is 11.5 Å². The van der Waals surface area contributed by atoms with Crippen molar-refractivity contribution in [1.82, 2.24) is 0 Å². The van der Waals surface area contributed by atoms with Crippen LogP contribution in [0.3, 0.4) is 0 Å². The number of ether oxygens (including phenoxy) is 2. The zero-order chi connectivity index (χ0) is 10.5. The Bertz CT molecular complexity index is 135. The van der Waals surface area contributed by atoms with Crippen molar-refractivity contribution in [2.24, 2.45) is 5.92 Å². The van der Waals surface area contributed by atoms with Crippen LogP contribution >= 0.6 is 22.6 Å². The van der Waals surface area contributed by atoms with E-state index in [1.54, 1.807) is 7.11 Å². The van der Waals surface area contributed by atoms with Crippen LogP contribution in [0.1, 0.15) is 27.7 Å². The van der Waals surface area contributed by atoms with Crippen LogP contribution in [-0.2, 0) is 9.47 Å². The predicted molar refractivity (Wildman–Crippen MR) is 64.6 cm³/mol.